The molecule has 2 heteroatoms. The Kier molecular flexibility index (Phi) is 2.35. The van der Waals surface area contributed by atoms with E-state index in [1.165, 1.54) is 0 Å². The van der Waals surface area contributed by atoms with Gasteiger partial charge in [-0.15, -0.1) is 0 Å². The Morgan fingerprint density at radius 2 is 2.00 bits per heavy atom. The average molecular weight is 188 g/mol. The lowest BCUT2D eigenvalue weighted by Gasteiger charge is -2.00. The van der Waals surface area contributed by atoms with Crippen molar-refractivity contribution in [1.82, 2.24) is 0 Å². The molecule has 0 saturated heterocycles. The van der Waals surface area contributed by atoms with Crippen LogP contribution >= 0.6 is 0 Å². The molecule has 0 amide bonds. The number of hydrogen-bond acceptors (Lipinski definition) is 2. The summed E-state index contributed by atoms with van der Waals surface area (Å²) in [5.74, 6) is -0.161. The van der Waals surface area contributed by atoms with Gasteiger partial charge in [0.1, 0.15) is 6.61 Å². The fourth-order valence-corrected chi connectivity index (χ4v) is 1.69. The number of cyclic esters (lactones) is 1. The van der Waals surface area contributed by atoms with Crippen LogP contribution in [0.3, 0.4) is 0 Å². The Balaban J connectivity index is 2.44. The molecule has 0 bridgehead atoms. The molecule has 0 saturated carbocycles. The van der Waals surface area contributed by atoms with Crippen molar-refractivity contribution in [3.8, 4) is 0 Å². The van der Waals surface area contributed by atoms with Crippen molar-refractivity contribution in [2.45, 2.75) is 13.3 Å². The number of carbonyl (C=O) groups is 1. The first-order valence-corrected chi connectivity index (χ1v) is 4.77. The molecule has 1 aromatic rings. The van der Waals surface area contributed by atoms with Gasteiger partial charge in [-0.3, -0.25) is 0 Å². The van der Waals surface area contributed by atoms with Gasteiger partial charge in [-0.05, 0) is 12.0 Å². The molecule has 0 N–H and O–H groups in total. The Bertz CT molecular complexity index is 377. The smallest absolute Gasteiger partial charge is 0.334 e. The minimum Gasteiger partial charge on any atom is -0.457 e. The summed E-state index contributed by atoms with van der Waals surface area (Å²) in [6.45, 7) is 2.40. The maximum Gasteiger partial charge on any atom is 0.334 e. The van der Waals surface area contributed by atoms with E-state index in [4.69, 9.17) is 4.74 Å². The quantitative estimate of drug-likeness (QED) is 0.666. The van der Waals surface area contributed by atoms with E-state index in [-0.39, 0.29) is 5.97 Å². The first-order valence-electron chi connectivity index (χ1n) is 4.77. The highest BCUT2D eigenvalue weighted by Crippen LogP contribution is 2.27. The van der Waals surface area contributed by atoms with Crippen molar-refractivity contribution >= 4 is 11.5 Å². The Labute approximate surface area is 83.2 Å². The second-order valence-corrected chi connectivity index (χ2v) is 3.25. The Morgan fingerprint density at radius 1 is 1.29 bits per heavy atom. The molecule has 0 aliphatic carbocycles. The van der Waals surface area contributed by atoms with E-state index < -0.39 is 0 Å². The summed E-state index contributed by atoms with van der Waals surface area (Å²) >= 11 is 0. The predicted molar refractivity (Wildman–Crippen MR) is 54.6 cm³/mol. The zero-order valence-electron chi connectivity index (χ0n) is 8.12. The topological polar surface area (TPSA) is 26.3 Å². The van der Waals surface area contributed by atoms with Gasteiger partial charge in [0.15, 0.2) is 0 Å². The normalized spacial score (nSPS) is 15.9. The Hall–Kier alpha value is -1.57. The summed E-state index contributed by atoms with van der Waals surface area (Å²) in [6, 6.07) is 9.92. The highest BCUT2D eigenvalue weighted by atomic mass is 16.5. The largest absolute Gasteiger partial charge is 0.457 e. The number of ether oxygens (including phenoxy) is 1. The molecule has 0 aromatic heterocycles. The molecule has 72 valence electrons. The van der Waals surface area contributed by atoms with Gasteiger partial charge in [0.05, 0.1) is 0 Å². The van der Waals surface area contributed by atoms with E-state index in [1.54, 1.807) is 0 Å². The van der Waals surface area contributed by atoms with Gasteiger partial charge >= 0.3 is 5.97 Å². The maximum absolute atomic E-state index is 11.3. The van der Waals surface area contributed by atoms with Crippen LogP contribution in [-0.4, -0.2) is 12.6 Å². The van der Waals surface area contributed by atoms with Gasteiger partial charge in [0.2, 0.25) is 0 Å². The minimum absolute atomic E-state index is 0.161. The van der Waals surface area contributed by atoms with E-state index in [0.717, 1.165) is 23.1 Å². The lowest BCUT2D eigenvalue weighted by Crippen LogP contribution is -1.97. The molecule has 1 aliphatic heterocycles. The molecule has 0 spiro atoms. The number of esters is 1. The van der Waals surface area contributed by atoms with Crippen LogP contribution in [0.2, 0.25) is 0 Å². The van der Waals surface area contributed by atoms with Crippen molar-refractivity contribution in [1.29, 1.82) is 0 Å². The lowest BCUT2D eigenvalue weighted by atomic mass is 10.0. The monoisotopic (exact) mass is 188 g/mol. The average Bonchev–Trinajstić information content (AvgIpc) is 2.61. The van der Waals surface area contributed by atoms with E-state index in [1.807, 2.05) is 37.3 Å². The molecular weight excluding hydrogens is 176 g/mol. The van der Waals surface area contributed by atoms with Gasteiger partial charge in [-0.25, -0.2) is 4.79 Å². The first kappa shape index (κ1) is 9.00. The SMILES string of the molecule is CCC1=C(c2ccccc2)COC1=O. The van der Waals surface area contributed by atoms with Crippen molar-refractivity contribution in [3.63, 3.8) is 0 Å². The van der Waals surface area contributed by atoms with E-state index in [0.29, 0.717) is 6.61 Å². The summed E-state index contributed by atoms with van der Waals surface area (Å²) < 4.78 is 5.01. The van der Waals surface area contributed by atoms with Crippen LogP contribution in [0.15, 0.2) is 35.9 Å². The molecule has 14 heavy (non-hydrogen) atoms. The van der Waals surface area contributed by atoms with E-state index in [9.17, 15) is 4.79 Å². The van der Waals surface area contributed by atoms with Crippen LogP contribution in [0.1, 0.15) is 18.9 Å². The molecule has 1 aromatic carbocycles. The van der Waals surface area contributed by atoms with Crippen LogP contribution in [-0.2, 0) is 9.53 Å². The molecular formula is C12H12O2. The summed E-state index contributed by atoms with van der Waals surface area (Å²) in [5.41, 5.74) is 2.95. The van der Waals surface area contributed by atoms with Crippen LogP contribution < -0.4 is 0 Å². The van der Waals surface area contributed by atoms with E-state index >= 15 is 0 Å². The molecule has 2 nitrogen and oxygen atoms in total. The third kappa shape index (κ3) is 1.43. The van der Waals surface area contributed by atoms with Gasteiger partial charge in [0, 0.05) is 11.1 Å². The molecule has 0 fully saturated rings. The molecule has 1 heterocycles. The van der Waals surface area contributed by atoms with Crippen molar-refractivity contribution < 1.29 is 9.53 Å². The van der Waals surface area contributed by atoms with Gasteiger partial charge in [0.25, 0.3) is 0 Å². The van der Waals surface area contributed by atoms with Crippen LogP contribution in [0.4, 0.5) is 0 Å². The van der Waals surface area contributed by atoms with Gasteiger partial charge in [-0.1, -0.05) is 37.3 Å². The second kappa shape index (κ2) is 3.66. The number of carbonyl (C=O) groups excluding carboxylic acids is 1. The fraction of sp³-hybridized carbons (Fsp3) is 0.250. The van der Waals surface area contributed by atoms with Crippen LogP contribution in [0.5, 0.6) is 0 Å². The standard InChI is InChI=1S/C12H12O2/c1-2-10-11(8-14-12(10)13)9-6-4-3-5-7-9/h3-7H,2,8H2,1H3. The highest BCUT2D eigenvalue weighted by Gasteiger charge is 2.23. The van der Waals surface area contributed by atoms with Crippen LogP contribution in [0, 0.1) is 0 Å². The summed E-state index contributed by atoms with van der Waals surface area (Å²) in [7, 11) is 0. The third-order valence-corrected chi connectivity index (χ3v) is 2.43. The number of hydrogen-bond donors (Lipinski definition) is 0. The second-order valence-electron chi connectivity index (χ2n) is 3.25. The number of benzene rings is 1. The first-order chi connectivity index (χ1) is 6.83. The van der Waals surface area contributed by atoms with E-state index in [2.05, 4.69) is 0 Å². The summed E-state index contributed by atoms with van der Waals surface area (Å²) in [5, 5.41) is 0. The zero-order chi connectivity index (χ0) is 9.97. The van der Waals surface area contributed by atoms with Crippen molar-refractivity contribution in [3.05, 3.63) is 41.5 Å². The third-order valence-electron chi connectivity index (χ3n) is 2.43. The van der Waals surface area contributed by atoms with Crippen molar-refractivity contribution in [2.24, 2.45) is 0 Å². The Morgan fingerprint density at radius 3 is 2.64 bits per heavy atom. The molecule has 2 rings (SSSR count). The van der Waals surface area contributed by atoms with Gasteiger partial charge < -0.3 is 4.74 Å². The molecule has 0 atom stereocenters. The zero-order valence-corrected chi connectivity index (χ0v) is 8.12. The van der Waals surface area contributed by atoms with Crippen molar-refractivity contribution in [2.75, 3.05) is 6.61 Å². The number of rotatable bonds is 2. The van der Waals surface area contributed by atoms with Crippen LogP contribution in [0.25, 0.3) is 5.57 Å². The predicted octanol–water partition coefficient (Wildman–Crippen LogP) is 2.41. The lowest BCUT2D eigenvalue weighted by molar-refractivity contribution is -0.136. The van der Waals surface area contributed by atoms with Gasteiger partial charge in [-0.2, -0.15) is 0 Å². The minimum atomic E-state index is -0.161. The molecule has 1 aliphatic rings. The highest BCUT2D eigenvalue weighted by molar-refractivity contribution is 6.01. The molecule has 0 unspecified atom stereocenters. The fourth-order valence-electron chi connectivity index (χ4n) is 1.69. The molecule has 0 radical (unpaired) electrons. The maximum atomic E-state index is 11.3. The summed E-state index contributed by atoms with van der Waals surface area (Å²) in [4.78, 5) is 11.3. The summed E-state index contributed by atoms with van der Waals surface area (Å²) in [6.07, 6.45) is 0.739.